The standard InChI is InChI=1S/C51H92O4/c1-3-5-7-9-11-13-15-17-19-21-22-23-24-25-26-27-28-29-31-33-35-37-39-41-43-45-47-54-49-50(48-52)55-51(53)46-44-42-40-38-36-34-32-30-20-18-16-14-12-10-8-6-4-2/h5,7,11,13,17-20,22-23,50,52H,3-4,6,8-10,12,14-16,21,24-49H2,1-2H3/b7-5-,13-11-,19-17-,20-18-,23-22-. The normalized spacial score (nSPS) is 12.9. The fourth-order valence-corrected chi connectivity index (χ4v) is 6.79. The summed E-state index contributed by atoms with van der Waals surface area (Å²) >= 11 is 0. The van der Waals surface area contributed by atoms with Gasteiger partial charge < -0.3 is 14.6 Å². The third-order valence-corrected chi connectivity index (χ3v) is 10.3. The van der Waals surface area contributed by atoms with Crippen LogP contribution < -0.4 is 0 Å². The van der Waals surface area contributed by atoms with Crippen molar-refractivity contribution in [1.82, 2.24) is 0 Å². The average Bonchev–Trinajstić information content (AvgIpc) is 3.19. The van der Waals surface area contributed by atoms with Crippen LogP contribution in [0.5, 0.6) is 0 Å². The van der Waals surface area contributed by atoms with Crippen LogP contribution in [0.4, 0.5) is 0 Å². The third kappa shape index (κ3) is 46.4. The second kappa shape index (κ2) is 48.2. The fourth-order valence-electron chi connectivity index (χ4n) is 6.79. The molecule has 0 spiro atoms. The van der Waals surface area contributed by atoms with Crippen LogP contribution in [0.3, 0.4) is 0 Å². The maximum atomic E-state index is 12.2. The number of hydrogen-bond donors (Lipinski definition) is 1. The molecule has 0 aromatic heterocycles. The molecular weight excluding hydrogens is 677 g/mol. The molecule has 0 amide bonds. The van der Waals surface area contributed by atoms with E-state index in [4.69, 9.17) is 9.47 Å². The van der Waals surface area contributed by atoms with Gasteiger partial charge in [-0.3, -0.25) is 4.79 Å². The van der Waals surface area contributed by atoms with Gasteiger partial charge in [-0.15, -0.1) is 0 Å². The van der Waals surface area contributed by atoms with E-state index in [2.05, 4.69) is 74.6 Å². The Labute approximate surface area is 343 Å². The summed E-state index contributed by atoms with van der Waals surface area (Å²) in [7, 11) is 0. The van der Waals surface area contributed by atoms with Crippen LogP contribution in [0.1, 0.15) is 232 Å². The van der Waals surface area contributed by atoms with Crippen molar-refractivity contribution >= 4 is 5.97 Å². The second-order valence-corrected chi connectivity index (χ2v) is 15.8. The maximum absolute atomic E-state index is 12.2. The van der Waals surface area contributed by atoms with Crippen molar-refractivity contribution in [3.63, 3.8) is 0 Å². The van der Waals surface area contributed by atoms with Crippen LogP contribution in [-0.4, -0.2) is 37.0 Å². The Morgan fingerprint density at radius 1 is 0.455 bits per heavy atom. The maximum Gasteiger partial charge on any atom is 0.306 e. The second-order valence-electron chi connectivity index (χ2n) is 15.8. The molecule has 0 aliphatic carbocycles. The molecular formula is C51H92O4. The van der Waals surface area contributed by atoms with Gasteiger partial charge in [0.1, 0.15) is 6.10 Å². The summed E-state index contributed by atoms with van der Waals surface area (Å²) in [6.45, 7) is 5.24. The third-order valence-electron chi connectivity index (χ3n) is 10.3. The van der Waals surface area contributed by atoms with Crippen LogP contribution >= 0.6 is 0 Å². The zero-order valence-electron chi connectivity index (χ0n) is 36.7. The van der Waals surface area contributed by atoms with Crippen molar-refractivity contribution in [3.8, 4) is 0 Å². The molecule has 320 valence electrons. The molecule has 0 fully saturated rings. The number of carbonyl (C=O) groups is 1. The van der Waals surface area contributed by atoms with Gasteiger partial charge in [-0.2, -0.15) is 0 Å². The van der Waals surface area contributed by atoms with Gasteiger partial charge in [-0.1, -0.05) is 209 Å². The van der Waals surface area contributed by atoms with Gasteiger partial charge in [0.2, 0.25) is 0 Å². The van der Waals surface area contributed by atoms with E-state index in [0.717, 1.165) is 44.9 Å². The van der Waals surface area contributed by atoms with Crippen LogP contribution in [0.25, 0.3) is 0 Å². The summed E-state index contributed by atoms with van der Waals surface area (Å²) in [6.07, 6.45) is 64.4. The van der Waals surface area contributed by atoms with E-state index in [1.807, 2.05) is 0 Å². The van der Waals surface area contributed by atoms with Gasteiger partial charge in [0, 0.05) is 13.0 Å². The molecule has 0 aromatic rings. The Hall–Kier alpha value is -1.91. The SMILES string of the molecule is CC/C=C\C/C=C\C/C=C\C/C=C\CCCCCCCCCCCCCCCOCC(CO)OC(=O)CCCCCCCCC/C=C\CCCCCCCC. The lowest BCUT2D eigenvalue weighted by molar-refractivity contribution is -0.154. The lowest BCUT2D eigenvalue weighted by Crippen LogP contribution is -2.27. The summed E-state index contributed by atoms with van der Waals surface area (Å²) in [4.78, 5) is 12.2. The van der Waals surface area contributed by atoms with Gasteiger partial charge in [0.15, 0.2) is 0 Å². The van der Waals surface area contributed by atoms with Crippen LogP contribution in [0, 0.1) is 0 Å². The van der Waals surface area contributed by atoms with Crippen molar-refractivity contribution < 1.29 is 19.4 Å². The topological polar surface area (TPSA) is 55.8 Å². The molecule has 4 nitrogen and oxygen atoms in total. The molecule has 4 heteroatoms. The average molecular weight is 769 g/mol. The molecule has 0 aliphatic rings. The summed E-state index contributed by atoms with van der Waals surface area (Å²) in [5.74, 6) is -0.205. The highest BCUT2D eigenvalue weighted by Gasteiger charge is 2.13. The molecule has 1 unspecified atom stereocenters. The largest absolute Gasteiger partial charge is 0.457 e. The molecule has 0 bridgehead atoms. The number of allylic oxidation sites excluding steroid dienone is 10. The Balaban J connectivity index is 3.41. The van der Waals surface area contributed by atoms with Gasteiger partial charge in [-0.05, 0) is 77.0 Å². The highest BCUT2D eigenvalue weighted by atomic mass is 16.6. The first-order chi connectivity index (χ1) is 27.2. The van der Waals surface area contributed by atoms with Crippen LogP contribution in [0.15, 0.2) is 60.8 Å². The molecule has 0 heterocycles. The number of aliphatic hydroxyl groups excluding tert-OH is 1. The number of rotatable bonds is 44. The molecule has 0 saturated carbocycles. The monoisotopic (exact) mass is 769 g/mol. The van der Waals surface area contributed by atoms with Crippen molar-refractivity contribution in [2.75, 3.05) is 19.8 Å². The fraction of sp³-hybridized carbons (Fsp3) is 0.784. The minimum absolute atomic E-state index is 0.174. The summed E-state index contributed by atoms with van der Waals surface area (Å²) < 4.78 is 11.2. The minimum atomic E-state index is -0.538. The summed E-state index contributed by atoms with van der Waals surface area (Å²) in [6, 6.07) is 0. The highest BCUT2D eigenvalue weighted by Crippen LogP contribution is 2.15. The van der Waals surface area contributed by atoms with Gasteiger partial charge in [-0.25, -0.2) is 0 Å². The Morgan fingerprint density at radius 3 is 1.25 bits per heavy atom. The van der Waals surface area contributed by atoms with E-state index in [1.54, 1.807) is 0 Å². The molecule has 0 aliphatic heterocycles. The molecule has 0 radical (unpaired) electrons. The molecule has 0 saturated heterocycles. The first-order valence-corrected chi connectivity index (χ1v) is 23.9. The van der Waals surface area contributed by atoms with Crippen molar-refractivity contribution in [3.05, 3.63) is 60.8 Å². The van der Waals surface area contributed by atoms with Gasteiger partial charge in [0.25, 0.3) is 0 Å². The lowest BCUT2D eigenvalue weighted by Gasteiger charge is -2.16. The Bertz CT molecular complexity index is 900. The first kappa shape index (κ1) is 53.1. The van der Waals surface area contributed by atoms with E-state index < -0.39 is 6.10 Å². The molecule has 1 N–H and O–H groups in total. The smallest absolute Gasteiger partial charge is 0.306 e. The lowest BCUT2D eigenvalue weighted by atomic mass is 10.0. The van der Waals surface area contributed by atoms with Gasteiger partial charge >= 0.3 is 5.97 Å². The number of aliphatic hydroxyl groups is 1. The molecule has 1 atom stereocenters. The van der Waals surface area contributed by atoms with E-state index in [-0.39, 0.29) is 12.6 Å². The molecule has 0 aromatic carbocycles. The van der Waals surface area contributed by atoms with Crippen molar-refractivity contribution in [2.45, 2.75) is 238 Å². The highest BCUT2D eigenvalue weighted by molar-refractivity contribution is 5.69. The van der Waals surface area contributed by atoms with Gasteiger partial charge in [0.05, 0.1) is 13.2 Å². The first-order valence-electron chi connectivity index (χ1n) is 23.9. The number of ether oxygens (including phenoxy) is 2. The number of carbonyl (C=O) groups excluding carboxylic acids is 1. The zero-order chi connectivity index (χ0) is 39.8. The van der Waals surface area contributed by atoms with Crippen LogP contribution in [-0.2, 0) is 14.3 Å². The summed E-state index contributed by atoms with van der Waals surface area (Å²) in [5, 5.41) is 9.63. The van der Waals surface area contributed by atoms with E-state index in [0.29, 0.717) is 19.6 Å². The quantitative estimate of drug-likeness (QED) is 0.0381. The van der Waals surface area contributed by atoms with Crippen molar-refractivity contribution in [2.24, 2.45) is 0 Å². The van der Waals surface area contributed by atoms with Crippen molar-refractivity contribution in [1.29, 1.82) is 0 Å². The predicted octanol–water partition coefficient (Wildman–Crippen LogP) is 16.0. The Morgan fingerprint density at radius 2 is 0.818 bits per heavy atom. The van der Waals surface area contributed by atoms with Crippen LogP contribution in [0.2, 0.25) is 0 Å². The molecule has 0 rings (SSSR count). The number of esters is 1. The summed E-state index contributed by atoms with van der Waals surface area (Å²) in [5.41, 5.74) is 0. The minimum Gasteiger partial charge on any atom is -0.457 e. The number of hydrogen-bond acceptors (Lipinski definition) is 4. The van der Waals surface area contributed by atoms with E-state index >= 15 is 0 Å². The zero-order valence-corrected chi connectivity index (χ0v) is 36.7. The predicted molar refractivity (Wildman–Crippen MR) is 242 cm³/mol. The van der Waals surface area contributed by atoms with E-state index in [9.17, 15) is 9.90 Å². The van der Waals surface area contributed by atoms with E-state index in [1.165, 1.54) is 167 Å². The number of unbranched alkanes of at least 4 members (excludes halogenated alkanes) is 26. The molecule has 55 heavy (non-hydrogen) atoms. The Kier molecular flexibility index (Phi) is 46.6.